The van der Waals surface area contributed by atoms with Gasteiger partial charge in [-0.25, -0.2) is 9.78 Å². The van der Waals surface area contributed by atoms with E-state index in [9.17, 15) is 18.0 Å². The van der Waals surface area contributed by atoms with Crippen molar-refractivity contribution >= 4 is 40.3 Å². The Morgan fingerprint density at radius 3 is 2.50 bits per heavy atom. The summed E-state index contributed by atoms with van der Waals surface area (Å²) in [6.45, 7) is 0. The summed E-state index contributed by atoms with van der Waals surface area (Å²) in [5, 5.41) is 2.08. The lowest BCUT2D eigenvalue weighted by Crippen LogP contribution is -2.31. The number of fused-ring (bicyclic) bond motifs is 1. The first-order chi connectivity index (χ1) is 9.24. The van der Waals surface area contributed by atoms with Gasteiger partial charge in [-0.05, 0) is 12.1 Å². The van der Waals surface area contributed by atoms with Crippen LogP contribution in [-0.4, -0.2) is 22.9 Å². The standard InChI is InChI=1S/C10H6Cl2F3N3O2/c1-16-9(19)20-18-7-3-5(12)4(11)2-6(7)17-8(18)10(13,14)15/h2-3H,1H3,(H,16,19). The molecule has 2 aromatic rings. The van der Waals surface area contributed by atoms with Crippen molar-refractivity contribution in [1.29, 1.82) is 0 Å². The maximum atomic E-state index is 12.9. The molecule has 0 spiro atoms. The number of nitrogens with one attached hydrogen (secondary N) is 1. The molecule has 0 saturated carbocycles. The summed E-state index contributed by atoms with van der Waals surface area (Å²) in [6, 6.07) is 2.28. The van der Waals surface area contributed by atoms with E-state index in [1.807, 2.05) is 5.32 Å². The third kappa shape index (κ3) is 2.61. The highest BCUT2D eigenvalue weighted by Crippen LogP contribution is 2.33. The number of carbonyl (C=O) groups is 1. The number of nitrogens with zero attached hydrogens (tertiary/aromatic N) is 2. The van der Waals surface area contributed by atoms with Crippen molar-refractivity contribution in [3.63, 3.8) is 0 Å². The Bertz CT molecular complexity index is 684. The zero-order valence-corrected chi connectivity index (χ0v) is 11.3. The Labute approximate surface area is 120 Å². The van der Waals surface area contributed by atoms with Gasteiger partial charge in [0.1, 0.15) is 5.52 Å². The van der Waals surface area contributed by atoms with Gasteiger partial charge in [0.05, 0.1) is 15.6 Å². The minimum absolute atomic E-state index is 0.00884. The quantitative estimate of drug-likeness (QED) is 0.875. The predicted molar refractivity (Wildman–Crippen MR) is 65.8 cm³/mol. The number of alkyl halides is 3. The molecule has 0 bridgehead atoms. The molecule has 0 radical (unpaired) electrons. The number of rotatable bonds is 1. The van der Waals surface area contributed by atoms with Gasteiger partial charge in [0.2, 0.25) is 0 Å². The first-order valence-corrected chi connectivity index (χ1v) is 5.84. The first kappa shape index (κ1) is 14.7. The average molecular weight is 328 g/mol. The van der Waals surface area contributed by atoms with Gasteiger partial charge in [-0.3, -0.25) is 0 Å². The Morgan fingerprint density at radius 1 is 1.35 bits per heavy atom. The Morgan fingerprint density at radius 2 is 1.95 bits per heavy atom. The maximum absolute atomic E-state index is 12.9. The van der Waals surface area contributed by atoms with Crippen LogP contribution in [0.5, 0.6) is 0 Å². The molecule has 0 aliphatic rings. The van der Waals surface area contributed by atoms with E-state index in [1.54, 1.807) is 0 Å². The van der Waals surface area contributed by atoms with E-state index in [1.165, 1.54) is 7.05 Å². The van der Waals surface area contributed by atoms with Crippen LogP contribution < -0.4 is 10.2 Å². The van der Waals surface area contributed by atoms with Crippen LogP contribution in [0.4, 0.5) is 18.0 Å². The van der Waals surface area contributed by atoms with Gasteiger partial charge in [-0.2, -0.15) is 13.2 Å². The van der Waals surface area contributed by atoms with E-state index in [-0.39, 0.29) is 25.8 Å². The largest absolute Gasteiger partial charge is 0.453 e. The molecule has 2 rings (SSSR count). The maximum Gasteiger partial charge on any atom is 0.453 e. The van der Waals surface area contributed by atoms with E-state index in [4.69, 9.17) is 23.2 Å². The van der Waals surface area contributed by atoms with Gasteiger partial charge in [-0.1, -0.05) is 23.2 Å². The van der Waals surface area contributed by atoms with Crippen LogP contribution in [0.1, 0.15) is 5.82 Å². The minimum Gasteiger partial charge on any atom is -0.323 e. The van der Waals surface area contributed by atoms with Crippen molar-refractivity contribution in [2.75, 3.05) is 7.05 Å². The average Bonchev–Trinajstić information content (AvgIpc) is 2.68. The van der Waals surface area contributed by atoms with Crippen LogP contribution in [0.2, 0.25) is 10.0 Å². The van der Waals surface area contributed by atoms with E-state index < -0.39 is 18.1 Å². The number of carbonyl (C=O) groups excluding carboxylic acids is 1. The summed E-state index contributed by atoms with van der Waals surface area (Å²) >= 11 is 11.5. The first-order valence-electron chi connectivity index (χ1n) is 5.08. The summed E-state index contributed by atoms with van der Waals surface area (Å²) < 4.78 is 38.9. The number of halogens is 5. The molecule has 0 aliphatic heterocycles. The fourth-order valence-corrected chi connectivity index (χ4v) is 1.77. The molecule has 0 aliphatic carbocycles. The third-order valence-electron chi connectivity index (χ3n) is 2.29. The summed E-state index contributed by atoms with van der Waals surface area (Å²) in [5.74, 6) is -1.39. The van der Waals surface area contributed by atoms with Crippen LogP contribution in [0, 0.1) is 0 Å². The van der Waals surface area contributed by atoms with Crippen LogP contribution in [0.25, 0.3) is 11.0 Å². The molecule has 1 N–H and O–H groups in total. The van der Waals surface area contributed by atoms with Crippen molar-refractivity contribution in [3.8, 4) is 0 Å². The third-order valence-corrected chi connectivity index (χ3v) is 3.01. The second-order valence-corrected chi connectivity index (χ2v) is 4.43. The SMILES string of the molecule is CNC(=O)On1c(C(F)(F)F)nc2cc(Cl)c(Cl)cc21. The number of hydrogen-bond donors (Lipinski definition) is 1. The van der Waals surface area contributed by atoms with E-state index in [2.05, 4.69) is 9.82 Å². The monoisotopic (exact) mass is 327 g/mol. The second kappa shape index (κ2) is 5.02. The van der Waals surface area contributed by atoms with Crippen LogP contribution in [0.3, 0.4) is 0 Å². The zero-order valence-electron chi connectivity index (χ0n) is 9.76. The highest BCUT2D eigenvalue weighted by atomic mass is 35.5. The zero-order chi connectivity index (χ0) is 15.1. The van der Waals surface area contributed by atoms with Gasteiger partial charge in [-0.15, -0.1) is 4.73 Å². The van der Waals surface area contributed by atoms with Crippen molar-refractivity contribution in [2.24, 2.45) is 0 Å². The fraction of sp³-hybridized carbons (Fsp3) is 0.200. The lowest BCUT2D eigenvalue weighted by molar-refractivity contribution is -0.152. The van der Waals surface area contributed by atoms with Crippen molar-refractivity contribution in [1.82, 2.24) is 15.0 Å². The molecule has 1 amide bonds. The van der Waals surface area contributed by atoms with Gasteiger partial charge < -0.3 is 10.2 Å². The molecular formula is C10H6Cl2F3N3O2. The molecular weight excluding hydrogens is 322 g/mol. The van der Waals surface area contributed by atoms with Crippen molar-refractivity contribution < 1.29 is 22.8 Å². The molecule has 1 heterocycles. The Balaban J connectivity index is 2.71. The molecule has 108 valence electrons. The van der Waals surface area contributed by atoms with E-state index in [0.29, 0.717) is 0 Å². The van der Waals surface area contributed by atoms with Crippen LogP contribution >= 0.6 is 23.2 Å². The molecule has 0 atom stereocenters. The molecule has 1 aromatic carbocycles. The molecule has 5 nitrogen and oxygen atoms in total. The predicted octanol–water partition coefficient (Wildman–Crippen LogP) is 3.13. The Hall–Kier alpha value is -1.67. The van der Waals surface area contributed by atoms with Crippen molar-refractivity contribution in [2.45, 2.75) is 6.18 Å². The lowest BCUT2D eigenvalue weighted by atomic mass is 10.3. The van der Waals surface area contributed by atoms with Gasteiger partial charge in [0.25, 0.3) is 5.82 Å². The summed E-state index contributed by atoms with van der Waals surface area (Å²) in [6.07, 6.45) is -5.90. The number of benzene rings is 1. The summed E-state index contributed by atoms with van der Waals surface area (Å²) in [7, 11) is 1.21. The topological polar surface area (TPSA) is 56.1 Å². The second-order valence-electron chi connectivity index (χ2n) is 3.61. The van der Waals surface area contributed by atoms with Crippen molar-refractivity contribution in [3.05, 3.63) is 28.0 Å². The summed E-state index contributed by atoms with van der Waals surface area (Å²) in [4.78, 5) is 19.1. The molecule has 0 fully saturated rings. The highest BCUT2D eigenvalue weighted by molar-refractivity contribution is 6.42. The molecule has 10 heteroatoms. The highest BCUT2D eigenvalue weighted by Gasteiger charge is 2.39. The number of amides is 1. The normalized spacial score (nSPS) is 11.7. The number of hydrogen-bond acceptors (Lipinski definition) is 3. The van der Waals surface area contributed by atoms with Gasteiger partial charge in [0.15, 0.2) is 0 Å². The molecule has 20 heavy (non-hydrogen) atoms. The number of imidazole rings is 1. The molecule has 0 saturated heterocycles. The van der Waals surface area contributed by atoms with Gasteiger partial charge in [0, 0.05) is 7.05 Å². The fourth-order valence-electron chi connectivity index (χ4n) is 1.45. The smallest absolute Gasteiger partial charge is 0.323 e. The van der Waals surface area contributed by atoms with E-state index in [0.717, 1.165) is 12.1 Å². The van der Waals surface area contributed by atoms with E-state index >= 15 is 0 Å². The lowest BCUT2D eigenvalue weighted by Gasteiger charge is -2.10. The van der Waals surface area contributed by atoms with Gasteiger partial charge >= 0.3 is 12.3 Å². The van der Waals surface area contributed by atoms with Crippen LogP contribution in [0.15, 0.2) is 12.1 Å². The van der Waals surface area contributed by atoms with Crippen LogP contribution in [-0.2, 0) is 6.18 Å². The Kier molecular flexibility index (Phi) is 3.70. The number of aromatic nitrogens is 2. The molecule has 1 aromatic heterocycles. The minimum atomic E-state index is -4.81. The summed E-state index contributed by atoms with van der Waals surface area (Å²) in [5.41, 5.74) is -0.231. The molecule has 0 unspecified atom stereocenters.